The van der Waals surface area contributed by atoms with Crippen LogP contribution in [-0.4, -0.2) is 56.0 Å². The summed E-state index contributed by atoms with van der Waals surface area (Å²) in [6.07, 6.45) is 0. The van der Waals surface area contributed by atoms with Crippen LogP contribution in [0.1, 0.15) is 0 Å². The van der Waals surface area contributed by atoms with Gasteiger partial charge in [0.1, 0.15) is 18.9 Å². The van der Waals surface area contributed by atoms with Crippen molar-refractivity contribution in [3.05, 3.63) is 30.1 Å². The van der Waals surface area contributed by atoms with Crippen LogP contribution in [0.4, 0.5) is 10.1 Å². The van der Waals surface area contributed by atoms with Crippen LogP contribution in [0.25, 0.3) is 0 Å². The minimum Gasteiger partial charge on any atom is -0.370 e. The molecule has 2 rings (SSSR count). The Kier molecular flexibility index (Phi) is 5.74. The van der Waals surface area contributed by atoms with Crippen molar-refractivity contribution in [2.24, 2.45) is 10.7 Å². The first-order valence-electron chi connectivity index (χ1n) is 7.29. The van der Waals surface area contributed by atoms with Crippen molar-refractivity contribution < 1.29 is 9.18 Å². The molecule has 1 heterocycles. The average molecular weight is 318 g/mol. The van der Waals surface area contributed by atoms with Gasteiger partial charge in [0.2, 0.25) is 5.91 Å². The minimum absolute atomic E-state index is 0.0371. The van der Waals surface area contributed by atoms with Gasteiger partial charge < -0.3 is 20.9 Å². The predicted octanol–water partition coefficient (Wildman–Crippen LogP) is -0.0978. The van der Waals surface area contributed by atoms with Gasteiger partial charge in [-0.3, -0.25) is 4.79 Å². The van der Waals surface area contributed by atoms with Gasteiger partial charge in [-0.1, -0.05) is 0 Å². The molecule has 0 spiro atoms. The van der Waals surface area contributed by atoms with E-state index in [0.29, 0.717) is 19.0 Å². The molecule has 8 heteroatoms. The summed E-state index contributed by atoms with van der Waals surface area (Å²) in [7, 11) is 0. The van der Waals surface area contributed by atoms with E-state index in [1.165, 1.54) is 12.1 Å². The molecule has 122 valence electrons. The van der Waals surface area contributed by atoms with Crippen molar-refractivity contribution >= 4 is 17.6 Å². The number of guanidine groups is 1. The molecule has 1 saturated heterocycles. The largest absolute Gasteiger partial charge is 0.370 e. The molecule has 1 fully saturated rings. The highest BCUT2D eigenvalue weighted by atomic mass is 19.1. The molecule has 0 radical (unpaired) electrons. The Morgan fingerprint density at radius 3 is 2.57 bits per heavy atom. The van der Waals surface area contributed by atoms with Gasteiger partial charge >= 0.3 is 0 Å². The molecular weight excluding hydrogens is 299 g/mol. The van der Waals surface area contributed by atoms with Gasteiger partial charge in [0, 0.05) is 31.9 Å². The van der Waals surface area contributed by atoms with Crippen molar-refractivity contribution in [3.8, 4) is 6.07 Å². The fourth-order valence-electron chi connectivity index (χ4n) is 2.29. The molecule has 0 unspecified atom stereocenters. The van der Waals surface area contributed by atoms with Crippen LogP contribution in [-0.2, 0) is 4.79 Å². The third kappa shape index (κ3) is 4.85. The smallest absolute Gasteiger partial charge is 0.242 e. The molecule has 0 bridgehead atoms. The lowest BCUT2D eigenvalue weighted by molar-refractivity contribution is -0.119. The number of halogens is 1. The first-order chi connectivity index (χ1) is 11.1. The van der Waals surface area contributed by atoms with Crippen LogP contribution in [0.3, 0.4) is 0 Å². The maximum absolute atomic E-state index is 12.9. The molecule has 3 N–H and O–H groups in total. The van der Waals surface area contributed by atoms with Gasteiger partial charge in [0.15, 0.2) is 5.96 Å². The Morgan fingerprint density at radius 2 is 1.96 bits per heavy atom. The highest BCUT2D eigenvalue weighted by Crippen LogP contribution is 2.16. The van der Waals surface area contributed by atoms with Gasteiger partial charge in [-0.05, 0) is 24.3 Å². The molecule has 7 nitrogen and oxygen atoms in total. The highest BCUT2D eigenvalue weighted by molar-refractivity contribution is 5.84. The second-order valence-corrected chi connectivity index (χ2v) is 5.06. The van der Waals surface area contributed by atoms with E-state index in [4.69, 9.17) is 11.0 Å². The Bertz CT molecular complexity index is 601. The zero-order valence-electron chi connectivity index (χ0n) is 12.7. The monoisotopic (exact) mass is 318 g/mol. The predicted molar refractivity (Wildman–Crippen MR) is 85.3 cm³/mol. The number of nitrogens with two attached hydrogens (primary N) is 1. The number of rotatable bonds is 4. The molecule has 1 aliphatic heterocycles. The Labute approximate surface area is 134 Å². The molecule has 1 aromatic carbocycles. The zero-order valence-corrected chi connectivity index (χ0v) is 12.7. The molecule has 23 heavy (non-hydrogen) atoms. The van der Waals surface area contributed by atoms with E-state index in [1.54, 1.807) is 12.1 Å². The Balaban J connectivity index is 1.82. The Morgan fingerprint density at radius 1 is 1.30 bits per heavy atom. The topological polar surface area (TPSA) is 97.7 Å². The van der Waals surface area contributed by atoms with Crippen molar-refractivity contribution in [2.45, 2.75) is 0 Å². The fourth-order valence-corrected chi connectivity index (χ4v) is 2.29. The summed E-state index contributed by atoms with van der Waals surface area (Å²) in [5.74, 6) is -0.270. The van der Waals surface area contributed by atoms with Gasteiger partial charge in [-0.2, -0.15) is 5.26 Å². The van der Waals surface area contributed by atoms with Gasteiger partial charge in [0.05, 0.1) is 6.07 Å². The SMILES string of the molecule is N#CCNC(=O)CN=C(N)N1CCN(c2ccc(F)cc2)CC1. The summed E-state index contributed by atoms with van der Waals surface area (Å²) >= 11 is 0. The van der Waals surface area contributed by atoms with E-state index >= 15 is 0 Å². The first-order valence-corrected chi connectivity index (χ1v) is 7.29. The summed E-state index contributed by atoms with van der Waals surface area (Å²) < 4.78 is 12.9. The maximum Gasteiger partial charge on any atom is 0.242 e. The molecule has 1 aliphatic rings. The number of carbonyl (C=O) groups excluding carboxylic acids is 1. The summed E-state index contributed by atoms with van der Waals surface area (Å²) in [6.45, 7) is 2.69. The number of piperazine rings is 1. The molecule has 0 aromatic heterocycles. The van der Waals surface area contributed by atoms with E-state index in [0.717, 1.165) is 18.8 Å². The lowest BCUT2D eigenvalue weighted by Crippen LogP contribution is -2.51. The third-order valence-electron chi connectivity index (χ3n) is 3.54. The lowest BCUT2D eigenvalue weighted by Gasteiger charge is -2.36. The molecule has 1 amide bonds. The zero-order chi connectivity index (χ0) is 16.7. The minimum atomic E-state index is -0.334. The second kappa shape index (κ2) is 7.98. The molecule has 0 atom stereocenters. The van der Waals surface area contributed by atoms with Crippen molar-refractivity contribution in [1.82, 2.24) is 10.2 Å². The quantitative estimate of drug-likeness (QED) is 0.459. The number of amides is 1. The number of benzene rings is 1. The number of nitriles is 1. The number of hydrogen-bond donors (Lipinski definition) is 2. The van der Waals surface area contributed by atoms with Crippen molar-refractivity contribution in [3.63, 3.8) is 0 Å². The van der Waals surface area contributed by atoms with E-state index in [-0.39, 0.29) is 24.8 Å². The normalized spacial score (nSPS) is 15.2. The van der Waals surface area contributed by atoms with Crippen molar-refractivity contribution in [2.75, 3.05) is 44.2 Å². The maximum atomic E-state index is 12.9. The average Bonchev–Trinajstić information content (AvgIpc) is 2.58. The van der Waals surface area contributed by atoms with Crippen LogP contribution in [0.15, 0.2) is 29.3 Å². The van der Waals surface area contributed by atoms with Gasteiger partial charge in [-0.15, -0.1) is 0 Å². The molecule has 0 aliphatic carbocycles. The Hall–Kier alpha value is -2.82. The number of anilines is 1. The van der Waals surface area contributed by atoms with Crippen LogP contribution in [0.2, 0.25) is 0 Å². The summed E-state index contributed by atoms with van der Waals surface area (Å²) in [5.41, 5.74) is 6.86. The fraction of sp³-hybridized carbons (Fsp3) is 0.400. The second-order valence-electron chi connectivity index (χ2n) is 5.06. The number of hydrogen-bond acceptors (Lipinski definition) is 4. The standard InChI is InChI=1S/C15H19FN6O/c16-12-1-3-13(4-2-12)21-7-9-22(10-8-21)15(18)20-11-14(23)19-6-5-17/h1-4H,6-11H2,(H2,18,20)(H,19,23). The first kappa shape index (κ1) is 16.5. The third-order valence-corrected chi connectivity index (χ3v) is 3.54. The van der Waals surface area contributed by atoms with Crippen LogP contribution in [0.5, 0.6) is 0 Å². The molecule has 1 aromatic rings. The number of nitrogens with one attached hydrogen (secondary N) is 1. The number of nitrogens with zero attached hydrogens (tertiary/aromatic N) is 4. The van der Waals surface area contributed by atoms with Crippen molar-refractivity contribution in [1.29, 1.82) is 5.26 Å². The van der Waals surface area contributed by atoms with Crippen LogP contribution < -0.4 is 16.0 Å². The highest BCUT2D eigenvalue weighted by Gasteiger charge is 2.18. The summed E-state index contributed by atoms with van der Waals surface area (Å²) in [5, 5.41) is 10.8. The van der Waals surface area contributed by atoms with E-state index in [2.05, 4.69) is 15.2 Å². The van der Waals surface area contributed by atoms with Gasteiger partial charge in [-0.25, -0.2) is 9.38 Å². The van der Waals surface area contributed by atoms with Crippen LogP contribution >= 0.6 is 0 Å². The van der Waals surface area contributed by atoms with E-state index < -0.39 is 0 Å². The summed E-state index contributed by atoms with van der Waals surface area (Å²) in [6, 6.07) is 8.21. The van der Waals surface area contributed by atoms with E-state index in [1.807, 2.05) is 11.0 Å². The van der Waals surface area contributed by atoms with Gasteiger partial charge in [0.25, 0.3) is 0 Å². The lowest BCUT2D eigenvalue weighted by atomic mass is 10.2. The number of carbonyl (C=O) groups is 1. The van der Waals surface area contributed by atoms with Crippen LogP contribution in [0, 0.1) is 17.1 Å². The molecule has 0 saturated carbocycles. The van der Waals surface area contributed by atoms with E-state index in [9.17, 15) is 9.18 Å². The summed E-state index contributed by atoms with van der Waals surface area (Å²) in [4.78, 5) is 19.5. The number of aliphatic imine (C=N–C) groups is 1. The molecular formula is C15H19FN6O.